The van der Waals surface area contributed by atoms with Crippen LogP contribution in [0.1, 0.15) is 15.2 Å². The van der Waals surface area contributed by atoms with Crippen LogP contribution in [0.4, 0.5) is 4.39 Å². The van der Waals surface area contributed by atoms with Crippen LogP contribution in [0.25, 0.3) is 10.1 Å². The number of rotatable bonds is 3. The maximum absolute atomic E-state index is 13.7. The van der Waals surface area contributed by atoms with Crippen LogP contribution in [0.2, 0.25) is 0 Å². The van der Waals surface area contributed by atoms with E-state index in [0.717, 1.165) is 0 Å². The third-order valence-corrected chi connectivity index (χ3v) is 3.99. The van der Waals surface area contributed by atoms with Crippen LogP contribution in [0.5, 0.6) is 0 Å². The monoisotopic (exact) mass is 281 g/mol. The molecule has 0 aliphatic rings. The molecule has 0 aliphatic heterocycles. The molecule has 0 bridgehead atoms. The standard InChI is InChI=1S/C13H12FNO3S/c1-7-11-8(14)4-3-5-9(11)19-12(7)13(17)15-6-10(16)18-2/h3-5H,6H2,1-2H3,(H,15,17). The Morgan fingerprint density at radius 2 is 2.16 bits per heavy atom. The number of aryl methyl sites for hydroxylation is 1. The molecule has 0 unspecified atom stereocenters. The summed E-state index contributed by atoms with van der Waals surface area (Å²) in [5.41, 5.74) is 0.584. The molecule has 2 rings (SSSR count). The lowest BCUT2D eigenvalue weighted by molar-refractivity contribution is -0.139. The molecule has 19 heavy (non-hydrogen) atoms. The topological polar surface area (TPSA) is 55.4 Å². The predicted molar refractivity (Wildman–Crippen MR) is 70.9 cm³/mol. The minimum Gasteiger partial charge on any atom is -0.468 e. The van der Waals surface area contributed by atoms with E-state index in [0.29, 0.717) is 20.5 Å². The zero-order valence-corrected chi connectivity index (χ0v) is 11.3. The minimum absolute atomic E-state index is 0.203. The van der Waals surface area contributed by atoms with E-state index in [-0.39, 0.29) is 12.4 Å². The van der Waals surface area contributed by atoms with E-state index in [1.165, 1.54) is 24.5 Å². The SMILES string of the molecule is COC(=O)CNC(=O)c1sc2cccc(F)c2c1C. The first-order valence-electron chi connectivity index (χ1n) is 5.57. The summed E-state index contributed by atoms with van der Waals surface area (Å²) in [6, 6.07) is 4.72. The molecular weight excluding hydrogens is 269 g/mol. The van der Waals surface area contributed by atoms with Crippen LogP contribution in [0, 0.1) is 12.7 Å². The largest absolute Gasteiger partial charge is 0.468 e. The second kappa shape index (κ2) is 5.36. The van der Waals surface area contributed by atoms with Crippen molar-refractivity contribution < 1.29 is 18.7 Å². The molecule has 1 amide bonds. The minimum atomic E-state index is -0.529. The molecule has 1 aromatic heterocycles. The van der Waals surface area contributed by atoms with Crippen LogP contribution in [0.3, 0.4) is 0 Å². The van der Waals surface area contributed by atoms with E-state index >= 15 is 0 Å². The summed E-state index contributed by atoms with van der Waals surface area (Å²) in [7, 11) is 1.24. The Morgan fingerprint density at radius 1 is 1.42 bits per heavy atom. The summed E-state index contributed by atoms with van der Waals surface area (Å²) in [5, 5.41) is 2.90. The van der Waals surface area contributed by atoms with E-state index in [9.17, 15) is 14.0 Å². The lowest BCUT2D eigenvalue weighted by Gasteiger charge is -2.02. The van der Waals surface area contributed by atoms with Gasteiger partial charge in [-0.15, -0.1) is 11.3 Å². The van der Waals surface area contributed by atoms with Crippen molar-refractivity contribution in [3.8, 4) is 0 Å². The molecule has 0 radical (unpaired) electrons. The number of fused-ring (bicyclic) bond motifs is 1. The molecule has 0 atom stereocenters. The fraction of sp³-hybridized carbons (Fsp3) is 0.231. The fourth-order valence-corrected chi connectivity index (χ4v) is 2.91. The molecule has 1 heterocycles. The van der Waals surface area contributed by atoms with Gasteiger partial charge in [-0.1, -0.05) is 6.07 Å². The Bertz CT molecular complexity index is 651. The molecule has 0 aliphatic carbocycles. The third-order valence-electron chi connectivity index (χ3n) is 2.73. The maximum Gasteiger partial charge on any atom is 0.325 e. The number of thiophene rings is 1. The number of benzene rings is 1. The van der Waals surface area contributed by atoms with Gasteiger partial charge < -0.3 is 10.1 Å². The van der Waals surface area contributed by atoms with Gasteiger partial charge in [-0.3, -0.25) is 9.59 Å². The average molecular weight is 281 g/mol. The van der Waals surface area contributed by atoms with Crippen molar-refractivity contribution in [2.75, 3.05) is 13.7 Å². The Labute approximate surface area is 113 Å². The zero-order valence-electron chi connectivity index (χ0n) is 10.5. The molecule has 0 fully saturated rings. The van der Waals surface area contributed by atoms with Gasteiger partial charge in [0.15, 0.2) is 0 Å². The quantitative estimate of drug-likeness (QED) is 0.878. The van der Waals surface area contributed by atoms with Gasteiger partial charge in [0.2, 0.25) is 0 Å². The zero-order chi connectivity index (χ0) is 14.0. The highest BCUT2D eigenvalue weighted by Crippen LogP contribution is 2.32. The first-order chi connectivity index (χ1) is 9.04. The number of methoxy groups -OCH3 is 1. The van der Waals surface area contributed by atoms with E-state index in [1.807, 2.05) is 0 Å². The number of amides is 1. The van der Waals surface area contributed by atoms with Gasteiger partial charge in [0, 0.05) is 10.1 Å². The van der Waals surface area contributed by atoms with Crippen LogP contribution in [0.15, 0.2) is 18.2 Å². The summed E-state index contributed by atoms with van der Waals surface area (Å²) < 4.78 is 18.8. The van der Waals surface area contributed by atoms with Crippen molar-refractivity contribution in [3.05, 3.63) is 34.5 Å². The van der Waals surface area contributed by atoms with Gasteiger partial charge in [0.25, 0.3) is 5.91 Å². The molecule has 0 saturated heterocycles. The highest BCUT2D eigenvalue weighted by molar-refractivity contribution is 7.21. The van der Waals surface area contributed by atoms with Gasteiger partial charge in [-0.2, -0.15) is 0 Å². The third kappa shape index (κ3) is 2.58. The lowest BCUT2D eigenvalue weighted by atomic mass is 10.1. The molecule has 1 aromatic carbocycles. The normalized spacial score (nSPS) is 10.5. The number of hydrogen-bond acceptors (Lipinski definition) is 4. The first-order valence-corrected chi connectivity index (χ1v) is 6.39. The Morgan fingerprint density at radius 3 is 2.79 bits per heavy atom. The predicted octanol–water partition coefficient (Wildman–Crippen LogP) is 2.25. The number of carbonyl (C=O) groups is 2. The molecule has 100 valence electrons. The van der Waals surface area contributed by atoms with E-state index in [4.69, 9.17) is 0 Å². The summed E-state index contributed by atoms with van der Waals surface area (Å²) >= 11 is 1.20. The van der Waals surface area contributed by atoms with Crippen LogP contribution in [-0.2, 0) is 9.53 Å². The summed E-state index contributed by atoms with van der Waals surface area (Å²) in [6.07, 6.45) is 0. The summed E-state index contributed by atoms with van der Waals surface area (Å²) in [5.74, 6) is -1.28. The van der Waals surface area contributed by atoms with Gasteiger partial charge in [-0.25, -0.2) is 4.39 Å². The van der Waals surface area contributed by atoms with E-state index in [1.54, 1.807) is 19.1 Å². The number of nitrogens with one attached hydrogen (secondary N) is 1. The van der Waals surface area contributed by atoms with Crippen molar-refractivity contribution >= 4 is 33.3 Å². The lowest BCUT2D eigenvalue weighted by Crippen LogP contribution is -2.29. The summed E-state index contributed by atoms with van der Waals surface area (Å²) in [4.78, 5) is 23.3. The number of hydrogen-bond donors (Lipinski definition) is 1. The van der Waals surface area contributed by atoms with Crippen molar-refractivity contribution in [1.82, 2.24) is 5.32 Å². The maximum atomic E-state index is 13.7. The molecule has 2 aromatic rings. The average Bonchev–Trinajstić information content (AvgIpc) is 2.74. The molecule has 1 N–H and O–H groups in total. The van der Waals surface area contributed by atoms with Crippen LogP contribution < -0.4 is 5.32 Å². The molecular formula is C13H12FNO3S. The van der Waals surface area contributed by atoms with Crippen molar-refractivity contribution in [1.29, 1.82) is 0 Å². The van der Waals surface area contributed by atoms with Crippen molar-refractivity contribution in [2.45, 2.75) is 6.92 Å². The second-order valence-corrected chi connectivity index (χ2v) is 4.98. The number of esters is 1. The van der Waals surface area contributed by atoms with Crippen molar-refractivity contribution in [2.24, 2.45) is 0 Å². The number of ether oxygens (including phenoxy) is 1. The highest BCUT2D eigenvalue weighted by Gasteiger charge is 2.18. The molecule has 0 saturated carbocycles. The highest BCUT2D eigenvalue weighted by atomic mass is 32.1. The molecule has 6 heteroatoms. The Kier molecular flexibility index (Phi) is 3.80. The summed E-state index contributed by atoms with van der Waals surface area (Å²) in [6.45, 7) is 1.49. The number of halogens is 1. The first kappa shape index (κ1) is 13.5. The van der Waals surface area contributed by atoms with Crippen LogP contribution >= 0.6 is 11.3 Å². The van der Waals surface area contributed by atoms with Gasteiger partial charge in [-0.05, 0) is 24.6 Å². The van der Waals surface area contributed by atoms with Crippen LogP contribution in [-0.4, -0.2) is 25.5 Å². The van der Waals surface area contributed by atoms with Gasteiger partial charge >= 0.3 is 5.97 Å². The smallest absolute Gasteiger partial charge is 0.325 e. The van der Waals surface area contributed by atoms with Gasteiger partial charge in [0.1, 0.15) is 12.4 Å². The number of carbonyl (C=O) groups excluding carboxylic acids is 2. The Balaban J connectivity index is 2.30. The molecule has 4 nitrogen and oxygen atoms in total. The second-order valence-electron chi connectivity index (χ2n) is 3.93. The van der Waals surface area contributed by atoms with Gasteiger partial charge in [0.05, 0.1) is 12.0 Å². The molecule has 0 spiro atoms. The fourth-order valence-electron chi connectivity index (χ4n) is 1.77. The Hall–Kier alpha value is -1.95. The van der Waals surface area contributed by atoms with E-state index in [2.05, 4.69) is 10.1 Å². The van der Waals surface area contributed by atoms with E-state index < -0.39 is 11.9 Å². The van der Waals surface area contributed by atoms with Crippen molar-refractivity contribution in [3.63, 3.8) is 0 Å².